The molecule has 2 N–H and O–H groups in total. The largest absolute Gasteiger partial charge is 0.333 e. The topological polar surface area (TPSA) is 91.1 Å². The Labute approximate surface area is 177 Å². The predicted molar refractivity (Wildman–Crippen MR) is 121 cm³/mol. The molecule has 0 bridgehead atoms. The number of nitrogens with zero attached hydrogens (tertiary/aromatic N) is 4. The fraction of sp³-hybridized carbons (Fsp3) is 0.435. The first-order valence-electron chi connectivity index (χ1n) is 10.3. The highest BCUT2D eigenvalue weighted by Crippen LogP contribution is 2.37. The number of hydrogen-bond acceptors (Lipinski definition) is 5. The van der Waals surface area contributed by atoms with Gasteiger partial charge in [0.1, 0.15) is 0 Å². The molecule has 1 aliphatic carbocycles. The molecule has 3 aliphatic rings. The molecule has 2 fully saturated rings. The van der Waals surface area contributed by atoms with Crippen LogP contribution in [0, 0.1) is 24.7 Å². The van der Waals surface area contributed by atoms with Gasteiger partial charge in [-0.3, -0.25) is 9.98 Å². The third kappa shape index (κ3) is 4.33. The number of carbonyl (C=O) groups excluding carboxylic acids is 1. The second-order valence-electron chi connectivity index (χ2n) is 7.45. The molecule has 7 nitrogen and oxygen atoms in total. The Hall–Kier alpha value is -3.27. The van der Waals surface area contributed by atoms with Crippen LogP contribution >= 0.6 is 0 Å². The van der Waals surface area contributed by atoms with Crippen LogP contribution in [0.5, 0.6) is 0 Å². The molecular formula is C23H28N6O. The van der Waals surface area contributed by atoms with E-state index in [0.717, 1.165) is 48.5 Å². The van der Waals surface area contributed by atoms with Gasteiger partial charge in [0.05, 0.1) is 34.9 Å². The van der Waals surface area contributed by atoms with Gasteiger partial charge in [-0.05, 0) is 51.7 Å². The van der Waals surface area contributed by atoms with Crippen molar-refractivity contribution in [2.24, 2.45) is 27.0 Å². The number of carbonyl (C=O) groups is 1. The molecule has 2 aliphatic heterocycles. The monoisotopic (exact) mass is 404 g/mol. The fourth-order valence-electron chi connectivity index (χ4n) is 4.58. The van der Waals surface area contributed by atoms with Crippen molar-refractivity contribution < 1.29 is 4.79 Å². The molecule has 0 spiro atoms. The molecular weight excluding hydrogens is 376 g/mol. The number of amides is 2. The maximum atomic E-state index is 11.8. The Morgan fingerprint density at radius 3 is 2.37 bits per heavy atom. The molecule has 156 valence electrons. The molecule has 0 aromatic carbocycles. The van der Waals surface area contributed by atoms with Gasteiger partial charge < -0.3 is 10.6 Å². The van der Waals surface area contributed by atoms with Gasteiger partial charge in [0, 0.05) is 24.2 Å². The van der Waals surface area contributed by atoms with Crippen LogP contribution in [-0.4, -0.2) is 40.7 Å². The average Bonchev–Trinajstić information content (AvgIpc) is 3.13. The average molecular weight is 405 g/mol. The molecule has 1 saturated carbocycles. The van der Waals surface area contributed by atoms with Crippen LogP contribution in [0.1, 0.15) is 45.2 Å². The Bertz CT molecular complexity index is 899. The second kappa shape index (κ2) is 9.97. The van der Waals surface area contributed by atoms with E-state index < -0.39 is 0 Å². The third-order valence-electron chi connectivity index (χ3n) is 5.88. The number of pyridine rings is 1. The van der Waals surface area contributed by atoms with Crippen molar-refractivity contribution in [2.75, 3.05) is 0 Å². The van der Waals surface area contributed by atoms with Gasteiger partial charge in [0.2, 0.25) is 0 Å². The third-order valence-corrected chi connectivity index (χ3v) is 5.88. The first-order chi connectivity index (χ1) is 14.7. The van der Waals surface area contributed by atoms with Crippen LogP contribution in [0.3, 0.4) is 0 Å². The van der Waals surface area contributed by atoms with Crippen LogP contribution in [0.25, 0.3) is 0 Å². The summed E-state index contributed by atoms with van der Waals surface area (Å²) in [5.41, 5.74) is 3.65. The van der Waals surface area contributed by atoms with Gasteiger partial charge in [0.15, 0.2) is 0 Å². The second-order valence-corrected chi connectivity index (χ2v) is 7.45. The van der Waals surface area contributed by atoms with Gasteiger partial charge in [-0.25, -0.2) is 4.79 Å². The quantitative estimate of drug-likeness (QED) is 0.597. The Morgan fingerprint density at radius 1 is 1.07 bits per heavy atom. The number of allylic oxidation sites excluding steroid dienone is 2. The number of aromatic nitrogens is 1. The van der Waals surface area contributed by atoms with Crippen molar-refractivity contribution >= 4 is 23.7 Å². The Balaban J connectivity index is 0.00000124. The van der Waals surface area contributed by atoms with E-state index in [2.05, 4.69) is 43.7 Å². The number of aliphatic imine (C=N–C) groups is 1. The molecule has 4 rings (SSSR count). The molecule has 1 aromatic heterocycles. The number of hydrogen-bond donors (Lipinski definition) is 2. The molecule has 7 heteroatoms. The lowest BCUT2D eigenvalue weighted by Gasteiger charge is -2.35. The summed E-state index contributed by atoms with van der Waals surface area (Å²) < 4.78 is 0. The number of urea groups is 1. The van der Waals surface area contributed by atoms with Crippen molar-refractivity contribution in [3.05, 3.63) is 41.9 Å². The number of terminal acetylenes is 1. The van der Waals surface area contributed by atoms with E-state index in [4.69, 9.17) is 0 Å². The summed E-state index contributed by atoms with van der Waals surface area (Å²) in [5, 5.41) is 15.4. The molecule has 30 heavy (non-hydrogen) atoms. The molecule has 4 atom stereocenters. The van der Waals surface area contributed by atoms with Gasteiger partial charge in [-0.15, -0.1) is 12.8 Å². The standard InChI is InChI=1S/C21H26N6O.C2H2/c1-3-15(22-4-2)19-13-8-10-16-17(25-21(28)24-16)11-9-14(13)20(27-26-19)18-7-5-6-12-23-18;1-2/h3-7,12-14,16-17H,8-11H2,1-2H3,(H2,24,25,28);1-2H/b15-3-,22-4?;. The van der Waals surface area contributed by atoms with Crippen molar-refractivity contribution in [1.29, 1.82) is 0 Å². The van der Waals surface area contributed by atoms with Crippen molar-refractivity contribution in [3.8, 4) is 12.8 Å². The molecule has 1 saturated heterocycles. The van der Waals surface area contributed by atoms with Crippen LogP contribution in [0.15, 0.2) is 51.4 Å². The smallest absolute Gasteiger partial charge is 0.315 e. The summed E-state index contributed by atoms with van der Waals surface area (Å²) >= 11 is 0. The van der Waals surface area contributed by atoms with Gasteiger partial charge >= 0.3 is 6.03 Å². The van der Waals surface area contributed by atoms with E-state index in [1.807, 2.05) is 38.1 Å². The van der Waals surface area contributed by atoms with Gasteiger partial charge in [0.25, 0.3) is 0 Å². The lowest BCUT2D eigenvalue weighted by atomic mass is 9.73. The minimum atomic E-state index is -0.0582. The highest BCUT2D eigenvalue weighted by atomic mass is 16.2. The number of nitrogens with one attached hydrogen (secondary N) is 2. The van der Waals surface area contributed by atoms with E-state index in [9.17, 15) is 4.79 Å². The minimum Gasteiger partial charge on any atom is -0.333 e. The fourth-order valence-corrected chi connectivity index (χ4v) is 4.58. The van der Waals surface area contributed by atoms with E-state index >= 15 is 0 Å². The van der Waals surface area contributed by atoms with Gasteiger partial charge in [-0.2, -0.15) is 10.2 Å². The zero-order valence-electron chi connectivity index (χ0n) is 17.5. The van der Waals surface area contributed by atoms with Crippen molar-refractivity contribution in [3.63, 3.8) is 0 Å². The number of fused-ring (bicyclic) bond motifs is 2. The molecule has 1 aromatic rings. The van der Waals surface area contributed by atoms with E-state index in [0.29, 0.717) is 0 Å². The minimum absolute atomic E-state index is 0.0582. The van der Waals surface area contributed by atoms with Gasteiger partial charge in [-0.1, -0.05) is 12.1 Å². The van der Waals surface area contributed by atoms with E-state index in [1.165, 1.54) is 0 Å². The Morgan fingerprint density at radius 2 is 1.77 bits per heavy atom. The van der Waals surface area contributed by atoms with Crippen molar-refractivity contribution in [1.82, 2.24) is 15.6 Å². The Kier molecular flexibility index (Phi) is 7.12. The molecule has 0 radical (unpaired) electrons. The first-order valence-corrected chi connectivity index (χ1v) is 10.3. The lowest BCUT2D eigenvalue weighted by molar-refractivity contribution is 0.246. The summed E-state index contributed by atoms with van der Waals surface area (Å²) in [4.78, 5) is 20.9. The predicted octanol–water partition coefficient (Wildman–Crippen LogP) is 3.34. The highest BCUT2D eigenvalue weighted by Gasteiger charge is 2.41. The van der Waals surface area contributed by atoms with Crippen LogP contribution in [0.4, 0.5) is 4.79 Å². The normalized spacial score (nSPS) is 28.4. The summed E-state index contributed by atoms with van der Waals surface area (Å²) in [7, 11) is 0. The lowest BCUT2D eigenvalue weighted by Crippen LogP contribution is -2.42. The highest BCUT2D eigenvalue weighted by molar-refractivity contribution is 6.11. The van der Waals surface area contributed by atoms with Crippen molar-refractivity contribution in [2.45, 2.75) is 51.6 Å². The van der Waals surface area contributed by atoms with E-state index in [1.54, 1.807) is 12.4 Å². The zero-order chi connectivity index (χ0) is 21.5. The summed E-state index contributed by atoms with van der Waals surface area (Å²) in [6.07, 6.45) is 17.3. The maximum Gasteiger partial charge on any atom is 0.315 e. The zero-order valence-corrected chi connectivity index (χ0v) is 17.5. The first kappa shape index (κ1) is 21.4. The maximum absolute atomic E-state index is 11.8. The molecule has 3 heterocycles. The SMILES string of the molecule is C#C.CC=N/C(=C\C)C1=NN=C(c2ccccn2)C2CCC3NC(=O)NC3CCC12. The summed E-state index contributed by atoms with van der Waals surface area (Å²) in [6, 6.07) is 6.19. The van der Waals surface area contributed by atoms with Crippen LogP contribution in [-0.2, 0) is 0 Å². The molecule has 2 amide bonds. The van der Waals surface area contributed by atoms with E-state index in [-0.39, 0.29) is 30.0 Å². The summed E-state index contributed by atoms with van der Waals surface area (Å²) in [5.74, 6) is 0.422. The van der Waals surface area contributed by atoms with Crippen LogP contribution in [0.2, 0.25) is 0 Å². The molecule has 4 unspecified atom stereocenters. The summed E-state index contributed by atoms with van der Waals surface area (Å²) in [6.45, 7) is 3.90. The number of rotatable bonds is 3. The van der Waals surface area contributed by atoms with Crippen LogP contribution < -0.4 is 10.6 Å².